The van der Waals surface area contributed by atoms with Gasteiger partial charge in [-0.1, -0.05) is 59.8 Å². The average Bonchev–Trinajstić information content (AvgIpc) is 3.45. The van der Waals surface area contributed by atoms with Gasteiger partial charge in [0.15, 0.2) is 4.34 Å². The Bertz CT molecular complexity index is 1270. The molecule has 0 spiro atoms. The van der Waals surface area contributed by atoms with Gasteiger partial charge in [0, 0.05) is 59.4 Å². The summed E-state index contributed by atoms with van der Waals surface area (Å²) in [6.07, 6.45) is 4.64. The number of rotatable bonds is 9. The third-order valence-corrected chi connectivity index (χ3v) is 10.4. The molecule has 2 fully saturated rings. The number of carbonyl (C=O) groups excluding carboxylic acids is 2. The molecule has 0 atom stereocenters. The summed E-state index contributed by atoms with van der Waals surface area (Å²) in [6.45, 7) is 6.69. The third-order valence-electron chi connectivity index (χ3n) is 7.89. The van der Waals surface area contributed by atoms with Crippen LogP contribution in [0.3, 0.4) is 0 Å². The van der Waals surface area contributed by atoms with E-state index in [9.17, 15) is 9.59 Å². The van der Waals surface area contributed by atoms with Gasteiger partial charge in [0.2, 0.25) is 11.8 Å². The van der Waals surface area contributed by atoms with E-state index in [0.29, 0.717) is 42.7 Å². The highest BCUT2D eigenvalue weighted by Gasteiger charge is 2.30. The van der Waals surface area contributed by atoms with Gasteiger partial charge in [0.25, 0.3) is 0 Å². The van der Waals surface area contributed by atoms with Crippen molar-refractivity contribution in [1.82, 2.24) is 14.8 Å². The van der Waals surface area contributed by atoms with Crippen molar-refractivity contribution in [2.75, 3.05) is 44.2 Å². The lowest BCUT2D eigenvalue weighted by atomic mass is 9.94. The van der Waals surface area contributed by atoms with Gasteiger partial charge >= 0.3 is 0 Å². The van der Waals surface area contributed by atoms with E-state index in [2.05, 4.69) is 34.5 Å². The molecule has 3 aromatic rings. The molecule has 6 nitrogen and oxygen atoms in total. The number of hydrogen-bond donors (Lipinski definition) is 0. The molecular formula is C31H37ClN4O2S2. The monoisotopic (exact) mass is 596 g/mol. The summed E-state index contributed by atoms with van der Waals surface area (Å²) < 4.78 is 1.15. The van der Waals surface area contributed by atoms with Crippen molar-refractivity contribution >= 4 is 52.2 Å². The Kier molecular flexibility index (Phi) is 10.2. The van der Waals surface area contributed by atoms with Crippen molar-refractivity contribution in [1.29, 1.82) is 0 Å². The summed E-state index contributed by atoms with van der Waals surface area (Å²) in [4.78, 5) is 36.5. The molecule has 3 heterocycles. The Hall–Kier alpha value is -2.39. The highest BCUT2D eigenvalue weighted by Crippen LogP contribution is 2.35. The Morgan fingerprint density at radius 1 is 1.02 bits per heavy atom. The molecule has 2 saturated heterocycles. The third kappa shape index (κ3) is 7.66. The van der Waals surface area contributed by atoms with E-state index in [1.54, 1.807) is 18.3 Å². The minimum atomic E-state index is -0.0596. The van der Waals surface area contributed by atoms with Gasteiger partial charge in [-0.25, -0.2) is 4.98 Å². The summed E-state index contributed by atoms with van der Waals surface area (Å²) in [5, 5.41) is 3.39. The summed E-state index contributed by atoms with van der Waals surface area (Å²) in [7, 11) is 0. The van der Waals surface area contributed by atoms with Gasteiger partial charge in [-0.15, -0.1) is 11.3 Å². The van der Waals surface area contributed by atoms with Crippen LogP contribution in [0.5, 0.6) is 0 Å². The number of aromatic nitrogens is 1. The first-order chi connectivity index (χ1) is 19.5. The van der Waals surface area contributed by atoms with Crippen LogP contribution in [0.4, 0.5) is 5.69 Å². The molecule has 2 aliphatic rings. The number of hydrogen-bond acceptors (Lipinski definition) is 6. The molecule has 0 radical (unpaired) electrons. The van der Waals surface area contributed by atoms with Crippen LogP contribution >= 0.6 is 34.7 Å². The minimum absolute atomic E-state index is 0.0596. The van der Waals surface area contributed by atoms with Crippen LogP contribution in [-0.2, 0) is 9.59 Å². The van der Waals surface area contributed by atoms with Crippen molar-refractivity contribution in [2.45, 2.75) is 48.6 Å². The molecule has 0 N–H and O–H groups in total. The fraction of sp³-hybridized carbons (Fsp3) is 0.452. The number of nitrogens with zero attached hydrogens (tertiary/aromatic N) is 4. The van der Waals surface area contributed by atoms with Gasteiger partial charge in [-0.2, -0.15) is 0 Å². The molecule has 9 heteroatoms. The maximum absolute atomic E-state index is 13.6. The van der Waals surface area contributed by atoms with Crippen LogP contribution in [0.15, 0.2) is 64.3 Å². The molecule has 0 unspecified atom stereocenters. The lowest BCUT2D eigenvalue weighted by molar-refractivity contribution is -0.133. The summed E-state index contributed by atoms with van der Waals surface area (Å²) >= 11 is 9.96. The molecule has 5 rings (SSSR count). The molecule has 0 aliphatic carbocycles. The number of anilines is 1. The fourth-order valence-electron chi connectivity index (χ4n) is 5.57. The number of likely N-dealkylation sites (tertiary alicyclic amines) is 2. The van der Waals surface area contributed by atoms with E-state index < -0.39 is 0 Å². The standard InChI is InChI=1S/C31H37ClN4O2S2/c1-23(37)35-19-11-25(12-20-35)30(38)36(27-10-5-9-26(32)21-27)16-6-15-34-17-13-28(14-18-34)40-31-33-29(22-39-31)24-7-3-2-4-8-24/h2-5,7-10,21-22,25,28H,6,11-20H2,1H3. The fourth-order valence-corrected chi connectivity index (χ4v) is 7.97. The Morgan fingerprint density at radius 2 is 1.77 bits per heavy atom. The van der Waals surface area contributed by atoms with Crippen LogP contribution < -0.4 is 4.90 Å². The predicted molar refractivity (Wildman–Crippen MR) is 166 cm³/mol. The van der Waals surface area contributed by atoms with Crippen molar-refractivity contribution in [2.24, 2.45) is 5.92 Å². The van der Waals surface area contributed by atoms with Gasteiger partial charge in [-0.05, 0) is 69.9 Å². The SMILES string of the molecule is CC(=O)N1CCC(C(=O)N(CCCN2CCC(Sc3nc(-c4ccccc4)cs3)CC2)c2cccc(Cl)c2)CC1. The maximum Gasteiger partial charge on any atom is 0.230 e. The van der Waals surface area contributed by atoms with Gasteiger partial charge < -0.3 is 14.7 Å². The minimum Gasteiger partial charge on any atom is -0.343 e. The first-order valence-electron chi connectivity index (χ1n) is 14.2. The smallest absolute Gasteiger partial charge is 0.230 e. The molecule has 212 valence electrons. The molecule has 2 aliphatic heterocycles. The van der Waals surface area contributed by atoms with Crippen LogP contribution in [0.25, 0.3) is 11.3 Å². The number of amides is 2. The van der Waals surface area contributed by atoms with Gasteiger partial charge in [0.05, 0.1) is 5.69 Å². The predicted octanol–water partition coefficient (Wildman–Crippen LogP) is 6.70. The Balaban J connectivity index is 1.11. The van der Waals surface area contributed by atoms with Crippen molar-refractivity contribution in [3.05, 3.63) is 65.0 Å². The highest BCUT2D eigenvalue weighted by molar-refractivity contribution is 8.01. The zero-order valence-corrected chi connectivity index (χ0v) is 25.4. The van der Waals surface area contributed by atoms with Crippen LogP contribution in [0.2, 0.25) is 5.02 Å². The second-order valence-electron chi connectivity index (χ2n) is 10.6. The Labute approximate surface area is 250 Å². The Morgan fingerprint density at radius 3 is 2.48 bits per heavy atom. The zero-order chi connectivity index (χ0) is 27.9. The van der Waals surface area contributed by atoms with E-state index in [1.165, 1.54) is 5.56 Å². The van der Waals surface area contributed by atoms with Crippen molar-refractivity contribution < 1.29 is 9.59 Å². The highest BCUT2D eigenvalue weighted by atomic mass is 35.5. The van der Waals surface area contributed by atoms with Gasteiger partial charge in [0.1, 0.15) is 0 Å². The van der Waals surface area contributed by atoms with Crippen molar-refractivity contribution in [3.63, 3.8) is 0 Å². The molecular weight excluding hydrogens is 560 g/mol. The number of thiazole rings is 1. The second kappa shape index (κ2) is 14.0. The quantitative estimate of drug-likeness (QED) is 0.275. The molecule has 0 saturated carbocycles. The zero-order valence-electron chi connectivity index (χ0n) is 23.0. The molecule has 1 aromatic heterocycles. The van der Waals surface area contributed by atoms with E-state index >= 15 is 0 Å². The second-order valence-corrected chi connectivity index (χ2v) is 13.5. The number of carbonyl (C=O) groups is 2. The molecule has 2 amide bonds. The van der Waals surface area contributed by atoms with E-state index in [0.717, 1.165) is 54.6 Å². The maximum atomic E-state index is 13.6. The van der Waals surface area contributed by atoms with E-state index in [1.807, 2.05) is 51.9 Å². The number of piperidine rings is 2. The first kappa shape index (κ1) is 29.1. The molecule has 40 heavy (non-hydrogen) atoms. The lowest BCUT2D eigenvalue weighted by Gasteiger charge is -2.35. The van der Waals surface area contributed by atoms with Crippen LogP contribution in [-0.4, -0.2) is 71.1 Å². The average molecular weight is 597 g/mol. The number of halogens is 1. The summed E-state index contributed by atoms with van der Waals surface area (Å²) in [5.41, 5.74) is 3.10. The molecule has 0 bridgehead atoms. The lowest BCUT2D eigenvalue weighted by Crippen LogP contribution is -2.45. The van der Waals surface area contributed by atoms with Crippen molar-refractivity contribution in [3.8, 4) is 11.3 Å². The van der Waals surface area contributed by atoms with Gasteiger partial charge in [-0.3, -0.25) is 9.59 Å². The van der Waals surface area contributed by atoms with E-state index in [-0.39, 0.29) is 17.7 Å². The normalized spacial score (nSPS) is 17.2. The van der Waals surface area contributed by atoms with Crippen LogP contribution in [0, 0.1) is 5.92 Å². The summed E-state index contributed by atoms with van der Waals surface area (Å²) in [5.74, 6) is 0.179. The van der Waals surface area contributed by atoms with E-state index in [4.69, 9.17) is 16.6 Å². The topological polar surface area (TPSA) is 56.8 Å². The number of thioether (sulfide) groups is 1. The van der Waals surface area contributed by atoms with Crippen LogP contribution in [0.1, 0.15) is 39.0 Å². The first-order valence-corrected chi connectivity index (χ1v) is 16.3. The summed E-state index contributed by atoms with van der Waals surface area (Å²) in [6, 6.07) is 18.0. The number of benzene rings is 2. The largest absolute Gasteiger partial charge is 0.343 e. The molecule has 2 aromatic carbocycles.